The molecule has 0 spiro atoms. The van der Waals surface area contributed by atoms with E-state index in [1.807, 2.05) is 12.1 Å². The molecule has 0 aliphatic carbocycles. The molecule has 0 radical (unpaired) electrons. The minimum absolute atomic E-state index is 0.399. The van der Waals surface area contributed by atoms with Crippen molar-refractivity contribution in [3.8, 4) is 0 Å². The molecule has 2 rings (SSSR count). The van der Waals surface area contributed by atoms with E-state index >= 15 is 0 Å². The van der Waals surface area contributed by atoms with Gasteiger partial charge in [0.15, 0.2) is 0 Å². The zero-order valence-corrected chi connectivity index (χ0v) is 10.1. The monoisotopic (exact) mass is 256 g/mol. The average Bonchev–Trinajstić information content (AvgIpc) is 2.25. The summed E-state index contributed by atoms with van der Waals surface area (Å²) in [5, 5.41) is 0.636. The number of nitrogens with one attached hydrogen (secondary N) is 1. The van der Waals surface area contributed by atoms with E-state index in [-0.39, 0.29) is 0 Å². The Balaban J connectivity index is 2.17. The maximum Gasteiger partial charge on any atom is 0.329 e. The van der Waals surface area contributed by atoms with Gasteiger partial charge in [0, 0.05) is 16.8 Å². The van der Waals surface area contributed by atoms with Crippen LogP contribution in [-0.2, 0) is 9.63 Å². The zero-order chi connectivity index (χ0) is 11.5. The number of carbonyl (C=O) groups excluding carboxylic acids is 1. The topological polar surface area (TPSA) is 50.7 Å². The summed E-state index contributed by atoms with van der Waals surface area (Å²) in [6.45, 7) is 1.33. The number of aliphatic imine (C=N–C) groups is 1. The number of halogens is 1. The number of carbonyl (C=O) groups is 1. The molecule has 16 heavy (non-hydrogen) atoms. The van der Waals surface area contributed by atoms with Gasteiger partial charge in [0.05, 0.1) is 11.4 Å². The first-order valence-electron chi connectivity index (χ1n) is 4.58. The van der Waals surface area contributed by atoms with Crippen LogP contribution >= 0.6 is 23.4 Å². The summed E-state index contributed by atoms with van der Waals surface area (Å²) in [4.78, 5) is 20.6. The Bertz CT molecular complexity index is 462. The van der Waals surface area contributed by atoms with E-state index in [1.165, 1.54) is 6.92 Å². The molecule has 6 heteroatoms. The summed E-state index contributed by atoms with van der Waals surface area (Å²) in [7, 11) is 0. The van der Waals surface area contributed by atoms with Crippen molar-refractivity contribution in [1.82, 2.24) is 5.48 Å². The van der Waals surface area contributed by atoms with E-state index in [0.717, 1.165) is 10.6 Å². The number of fused-ring (bicyclic) bond motifs is 1. The third kappa shape index (κ3) is 2.68. The molecule has 4 nitrogen and oxygen atoms in total. The first-order chi connectivity index (χ1) is 7.65. The van der Waals surface area contributed by atoms with E-state index < -0.39 is 5.97 Å². The first-order valence-corrected chi connectivity index (χ1v) is 5.95. The van der Waals surface area contributed by atoms with Crippen LogP contribution in [0.5, 0.6) is 0 Å². The van der Waals surface area contributed by atoms with Crippen LogP contribution in [0.15, 0.2) is 28.1 Å². The predicted molar refractivity (Wildman–Crippen MR) is 64.2 cm³/mol. The zero-order valence-electron chi connectivity index (χ0n) is 8.49. The molecule has 0 aromatic heterocycles. The molecule has 1 aromatic carbocycles. The van der Waals surface area contributed by atoms with E-state index in [1.54, 1.807) is 17.8 Å². The number of thioether (sulfide) groups is 1. The van der Waals surface area contributed by atoms with Crippen molar-refractivity contribution in [2.45, 2.75) is 11.8 Å². The molecular weight excluding hydrogens is 248 g/mol. The van der Waals surface area contributed by atoms with Crippen molar-refractivity contribution >= 4 is 40.9 Å². The molecule has 0 amide bonds. The molecule has 0 atom stereocenters. The number of amidine groups is 1. The molecule has 0 unspecified atom stereocenters. The van der Waals surface area contributed by atoms with Crippen LogP contribution in [0.2, 0.25) is 5.02 Å². The average molecular weight is 257 g/mol. The molecule has 0 fully saturated rings. The molecule has 0 saturated heterocycles. The summed E-state index contributed by atoms with van der Waals surface area (Å²) in [5.41, 5.74) is 3.31. The molecule has 0 bridgehead atoms. The minimum Gasteiger partial charge on any atom is -0.343 e. The molecule has 1 heterocycles. The molecule has 84 valence electrons. The maximum absolute atomic E-state index is 10.6. The highest BCUT2D eigenvalue weighted by atomic mass is 35.5. The van der Waals surface area contributed by atoms with Crippen LogP contribution in [-0.4, -0.2) is 17.6 Å². The Kier molecular flexibility index (Phi) is 3.36. The van der Waals surface area contributed by atoms with Gasteiger partial charge in [0.1, 0.15) is 5.84 Å². The molecule has 0 saturated carbocycles. The fraction of sp³-hybridized carbons (Fsp3) is 0.200. The normalized spacial score (nSPS) is 13.8. The van der Waals surface area contributed by atoms with Gasteiger partial charge in [0.2, 0.25) is 0 Å². The van der Waals surface area contributed by atoms with Gasteiger partial charge in [-0.1, -0.05) is 11.6 Å². The Morgan fingerprint density at radius 2 is 2.44 bits per heavy atom. The van der Waals surface area contributed by atoms with Crippen LogP contribution in [0.1, 0.15) is 6.92 Å². The predicted octanol–water partition coefficient (Wildman–Crippen LogP) is 2.54. The second-order valence-electron chi connectivity index (χ2n) is 3.15. The van der Waals surface area contributed by atoms with Gasteiger partial charge in [-0.15, -0.1) is 11.8 Å². The number of nitrogens with zero attached hydrogens (tertiary/aromatic N) is 1. The Morgan fingerprint density at radius 1 is 1.62 bits per heavy atom. The summed E-state index contributed by atoms with van der Waals surface area (Å²) >= 11 is 7.48. The van der Waals surface area contributed by atoms with Crippen LogP contribution in [0.4, 0.5) is 5.69 Å². The summed E-state index contributed by atoms with van der Waals surface area (Å²) in [6, 6.07) is 5.53. The Morgan fingerprint density at radius 3 is 3.19 bits per heavy atom. The van der Waals surface area contributed by atoms with Crippen molar-refractivity contribution in [3.63, 3.8) is 0 Å². The van der Waals surface area contributed by atoms with Crippen molar-refractivity contribution in [3.05, 3.63) is 23.2 Å². The lowest BCUT2D eigenvalue weighted by atomic mass is 10.3. The lowest BCUT2D eigenvalue weighted by Gasteiger charge is -2.15. The van der Waals surface area contributed by atoms with E-state index in [0.29, 0.717) is 16.6 Å². The number of rotatable bonds is 0. The number of hydroxylamine groups is 1. The van der Waals surface area contributed by atoms with Gasteiger partial charge >= 0.3 is 5.97 Å². The van der Waals surface area contributed by atoms with Crippen molar-refractivity contribution in [1.29, 1.82) is 0 Å². The summed E-state index contributed by atoms with van der Waals surface area (Å²) in [6.07, 6.45) is 0. The highest BCUT2D eigenvalue weighted by molar-refractivity contribution is 8.00. The highest BCUT2D eigenvalue weighted by Crippen LogP contribution is 2.35. The van der Waals surface area contributed by atoms with E-state index in [2.05, 4.69) is 15.3 Å². The Labute approximate surface area is 102 Å². The smallest absolute Gasteiger partial charge is 0.329 e. The second kappa shape index (κ2) is 4.76. The third-order valence-corrected chi connectivity index (χ3v) is 3.16. The fourth-order valence-electron chi connectivity index (χ4n) is 1.21. The molecule has 1 aromatic rings. The van der Waals surface area contributed by atoms with Crippen molar-refractivity contribution < 1.29 is 9.63 Å². The molecular formula is C10H9ClN2O2S. The lowest BCUT2D eigenvalue weighted by molar-refractivity contribution is -0.145. The molecule has 1 aliphatic heterocycles. The summed E-state index contributed by atoms with van der Waals surface area (Å²) in [5.74, 6) is 0.849. The highest BCUT2D eigenvalue weighted by Gasteiger charge is 2.13. The number of hydrogen-bond donors (Lipinski definition) is 1. The third-order valence-electron chi connectivity index (χ3n) is 1.85. The lowest BCUT2D eigenvalue weighted by Crippen LogP contribution is -2.28. The van der Waals surface area contributed by atoms with Crippen LogP contribution < -0.4 is 5.48 Å². The van der Waals surface area contributed by atoms with Crippen LogP contribution in [0.25, 0.3) is 0 Å². The standard InChI is InChI=1S/C10H9ClN2O2S/c1-6(14)15-13-10-5-16-9-3-2-7(11)4-8(9)12-10/h2-4H,5H2,1H3,(H,12,13). The summed E-state index contributed by atoms with van der Waals surface area (Å²) < 4.78 is 0. The van der Waals surface area contributed by atoms with Gasteiger partial charge in [-0.25, -0.2) is 10.5 Å². The van der Waals surface area contributed by atoms with Crippen molar-refractivity contribution in [2.75, 3.05) is 5.75 Å². The SMILES string of the molecule is CC(=O)ONC1=Nc2cc(Cl)ccc2SC1. The quantitative estimate of drug-likeness (QED) is 0.725. The molecule has 1 aliphatic rings. The van der Waals surface area contributed by atoms with Gasteiger partial charge in [-0.05, 0) is 18.2 Å². The van der Waals surface area contributed by atoms with Gasteiger partial charge in [-0.3, -0.25) is 4.79 Å². The maximum atomic E-state index is 10.6. The van der Waals surface area contributed by atoms with Gasteiger partial charge in [-0.2, -0.15) is 0 Å². The second-order valence-corrected chi connectivity index (χ2v) is 4.61. The van der Waals surface area contributed by atoms with Gasteiger partial charge < -0.3 is 4.84 Å². The van der Waals surface area contributed by atoms with Crippen LogP contribution in [0.3, 0.4) is 0 Å². The van der Waals surface area contributed by atoms with Crippen LogP contribution in [0, 0.1) is 0 Å². The first kappa shape index (κ1) is 11.3. The largest absolute Gasteiger partial charge is 0.343 e. The Hall–Kier alpha value is -1.20. The van der Waals surface area contributed by atoms with E-state index in [4.69, 9.17) is 11.6 Å². The van der Waals surface area contributed by atoms with Gasteiger partial charge in [0.25, 0.3) is 0 Å². The number of benzene rings is 1. The van der Waals surface area contributed by atoms with E-state index in [9.17, 15) is 4.79 Å². The molecule has 1 N–H and O–H groups in total. The van der Waals surface area contributed by atoms with Crippen molar-refractivity contribution in [2.24, 2.45) is 4.99 Å². The number of hydrogen-bond acceptors (Lipinski definition) is 5. The minimum atomic E-state index is -0.399. The fourth-order valence-corrected chi connectivity index (χ4v) is 2.21.